The maximum atomic E-state index is 12.1. The molecular weight excluding hydrogens is 289 g/mol. The molecule has 1 amide bonds. The molecule has 1 aliphatic rings. The number of benzene rings is 1. The average Bonchev–Trinajstić information content (AvgIpc) is 2.46. The van der Waals surface area contributed by atoms with Crippen LogP contribution in [-0.4, -0.2) is 44.5 Å². The first-order valence-corrected chi connectivity index (χ1v) is 6.37. The van der Waals surface area contributed by atoms with Gasteiger partial charge in [-0.2, -0.15) is 13.2 Å². The molecule has 0 saturated carbocycles. The summed E-state index contributed by atoms with van der Waals surface area (Å²) in [5.41, 5.74) is 0.355. The number of morpholine rings is 1. The largest absolute Gasteiger partial charge is 0.484 e. The van der Waals surface area contributed by atoms with Crippen LogP contribution in [0.25, 0.3) is 0 Å². The van der Waals surface area contributed by atoms with Crippen LogP contribution in [0.5, 0.6) is 5.75 Å². The summed E-state index contributed by atoms with van der Waals surface area (Å²) in [7, 11) is 0. The number of ether oxygens (including phenoxy) is 2. The van der Waals surface area contributed by atoms with Crippen molar-refractivity contribution in [2.75, 3.05) is 31.6 Å². The second kappa shape index (κ2) is 6.77. The van der Waals surface area contributed by atoms with E-state index < -0.39 is 18.9 Å². The van der Waals surface area contributed by atoms with E-state index in [1.807, 2.05) is 0 Å². The van der Waals surface area contributed by atoms with Gasteiger partial charge in [-0.25, -0.2) is 0 Å². The maximum absolute atomic E-state index is 12.1. The van der Waals surface area contributed by atoms with Gasteiger partial charge < -0.3 is 20.1 Å². The number of hydrogen-bond acceptors (Lipinski definition) is 4. The zero-order valence-corrected chi connectivity index (χ0v) is 11.1. The quantitative estimate of drug-likeness (QED) is 0.886. The van der Waals surface area contributed by atoms with Crippen LogP contribution in [0.1, 0.15) is 0 Å². The molecule has 1 aliphatic heterocycles. The molecular formula is C13H15F3N2O3. The minimum absolute atomic E-state index is 0.0350. The summed E-state index contributed by atoms with van der Waals surface area (Å²) >= 11 is 0. The summed E-state index contributed by atoms with van der Waals surface area (Å²) in [6.07, 6.45) is -5.01. The zero-order valence-electron chi connectivity index (χ0n) is 11.1. The van der Waals surface area contributed by atoms with Gasteiger partial charge in [-0.15, -0.1) is 0 Å². The highest BCUT2D eigenvalue weighted by Gasteiger charge is 2.28. The Hall–Kier alpha value is -1.80. The molecule has 1 saturated heterocycles. The van der Waals surface area contributed by atoms with E-state index >= 15 is 0 Å². The molecule has 1 aromatic carbocycles. The van der Waals surface area contributed by atoms with Gasteiger partial charge in [0.05, 0.1) is 6.61 Å². The fraction of sp³-hybridized carbons (Fsp3) is 0.462. The predicted molar refractivity (Wildman–Crippen MR) is 69.2 cm³/mol. The summed E-state index contributed by atoms with van der Waals surface area (Å²) < 4.78 is 46.1. The lowest BCUT2D eigenvalue weighted by Gasteiger charge is -2.22. The second-order valence-corrected chi connectivity index (χ2v) is 4.48. The van der Waals surface area contributed by atoms with Gasteiger partial charge in [0.25, 0.3) is 5.91 Å². The molecule has 2 N–H and O–H groups in total. The van der Waals surface area contributed by atoms with Crippen molar-refractivity contribution >= 4 is 11.6 Å². The molecule has 0 aromatic heterocycles. The molecule has 0 bridgehead atoms. The lowest BCUT2D eigenvalue weighted by molar-refractivity contribution is -0.153. The van der Waals surface area contributed by atoms with Crippen molar-refractivity contribution < 1.29 is 27.4 Å². The number of carbonyl (C=O) groups is 1. The van der Waals surface area contributed by atoms with E-state index in [1.54, 1.807) is 6.07 Å². The summed E-state index contributed by atoms with van der Waals surface area (Å²) in [5.74, 6) is -0.317. The SMILES string of the molecule is O=C(Nc1cccc(OCC(F)(F)F)c1)C1CNCCO1. The first-order chi connectivity index (χ1) is 9.94. The monoisotopic (exact) mass is 304 g/mol. The molecule has 1 aromatic rings. The van der Waals surface area contributed by atoms with Gasteiger partial charge in [-0.05, 0) is 12.1 Å². The Labute approximate surface area is 119 Å². The average molecular weight is 304 g/mol. The van der Waals surface area contributed by atoms with Crippen LogP contribution in [-0.2, 0) is 9.53 Å². The number of halogens is 3. The van der Waals surface area contributed by atoms with Gasteiger partial charge in [0, 0.05) is 24.8 Å². The minimum Gasteiger partial charge on any atom is -0.484 e. The third kappa shape index (κ3) is 5.24. The van der Waals surface area contributed by atoms with Crippen molar-refractivity contribution in [2.24, 2.45) is 0 Å². The van der Waals surface area contributed by atoms with Crippen molar-refractivity contribution in [2.45, 2.75) is 12.3 Å². The number of alkyl halides is 3. The predicted octanol–water partition coefficient (Wildman–Crippen LogP) is 1.55. The Balaban J connectivity index is 1.92. The lowest BCUT2D eigenvalue weighted by atomic mass is 10.2. The number of rotatable bonds is 4. The topological polar surface area (TPSA) is 59.6 Å². The van der Waals surface area contributed by atoms with E-state index in [2.05, 4.69) is 15.4 Å². The van der Waals surface area contributed by atoms with Crippen LogP contribution in [0.4, 0.5) is 18.9 Å². The molecule has 2 rings (SSSR count). The Kier molecular flexibility index (Phi) is 5.03. The summed E-state index contributed by atoms with van der Waals surface area (Å²) in [6.45, 7) is 0.146. The molecule has 5 nitrogen and oxygen atoms in total. The van der Waals surface area contributed by atoms with Crippen LogP contribution in [0.3, 0.4) is 0 Å². The number of hydrogen-bond donors (Lipinski definition) is 2. The third-order valence-corrected chi connectivity index (χ3v) is 2.72. The van der Waals surface area contributed by atoms with E-state index in [1.165, 1.54) is 18.2 Å². The molecule has 1 heterocycles. The number of nitrogens with one attached hydrogen (secondary N) is 2. The van der Waals surface area contributed by atoms with E-state index in [0.29, 0.717) is 25.4 Å². The molecule has 1 fully saturated rings. The normalized spacial score (nSPS) is 19.1. The highest BCUT2D eigenvalue weighted by atomic mass is 19.4. The highest BCUT2D eigenvalue weighted by Crippen LogP contribution is 2.21. The van der Waals surface area contributed by atoms with Gasteiger partial charge in [-0.1, -0.05) is 6.07 Å². The van der Waals surface area contributed by atoms with E-state index in [4.69, 9.17) is 4.74 Å². The zero-order chi connectivity index (χ0) is 15.3. The van der Waals surface area contributed by atoms with Crippen LogP contribution in [0, 0.1) is 0 Å². The molecule has 116 valence electrons. The molecule has 0 spiro atoms. The first-order valence-electron chi connectivity index (χ1n) is 6.37. The Morgan fingerprint density at radius 1 is 1.48 bits per heavy atom. The summed E-state index contributed by atoms with van der Waals surface area (Å²) in [5, 5.41) is 5.60. The molecule has 8 heteroatoms. The Bertz CT molecular complexity index is 488. The third-order valence-electron chi connectivity index (χ3n) is 2.72. The molecule has 1 atom stereocenters. The fourth-order valence-electron chi connectivity index (χ4n) is 1.79. The molecule has 0 radical (unpaired) electrons. The van der Waals surface area contributed by atoms with Gasteiger partial charge in [0.1, 0.15) is 11.9 Å². The van der Waals surface area contributed by atoms with Gasteiger partial charge in [0.2, 0.25) is 0 Å². The second-order valence-electron chi connectivity index (χ2n) is 4.48. The van der Waals surface area contributed by atoms with Crippen molar-refractivity contribution in [1.82, 2.24) is 5.32 Å². The van der Waals surface area contributed by atoms with E-state index in [9.17, 15) is 18.0 Å². The van der Waals surface area contributed by atoms with Crippen LogP contribution in [0.15, 0.2) is 24.3 Å². The van der Waals surface area contributed by atoms with Gasteiger partial charge >= 0.3 is 6.18 Å². The molecule has 1 unspecified atom stereocenters. The smallest absolute Gasteiger partial charge is 0.422 e. The van der Waals surface area contributed by atoms with E-state index in [0.717, 1.165) is 0 Å². The summed E-state index contributed by atoms with van der Waals surface area (Å²) in [4.78, 5) is 11.9. The van der Waals surface area contributed by atoms with Crippen molar-refractivity contribution in [3.8, 4) is 5.75 Å². The highest BCUT2D eigenvalue weighted by molar-refractivity contribution is 5.94. The lowest BCUT2D eigenvalue weighted by Crippen LogP contribution is -2.45. The van der Waals surface area contributed by atoms with Crippen LogP contribution < -0.4 is 15.4 Å². The maximum Gasteiger partial charge on any atom is 0.422 e. The van der Waals surface area contributed by atoms with Crippen LogP contribution >= 0.6 is 0 Å². The molecule has 21 heavy (non-hydrogen) atoms. The minimum atomic E-state index is -4.40. The van der Waals surface area contributed by atoms with E-state index in [-0.39, 0.29) is 11.7 Å². The fourth-order valence-corrected chi connectivity index (χ4v) is 1.79. The first kappa shape index (κ1) is 15.6. The van der Waals surface area contributed by atoms with Crippen molar-refractivity contribution in [3.05, 3.63) is 24.3 Å². The summed E-state index contributed by atoms with van der Waals surface area (Å²) in [6, 6.07) is 5.79. The van der Waals surface area contributed by atoms with Crippen molar-refractivity contribution in [1.29, 1.82) is 0 Å². The molecule has 0 aliphatic carbocycles. The Morgan fingerprint density at radius 2 is 2.29 bits per heavy atom. The van der Waals surface area contributed by atoms with Crippen LogP contribution in [0.2, 0.25) is 0 Å². The van der Waals surface area contributed by atoms with Crippen molar-refractivity contribution in [3.63, 3.8) is 0 Å². The Morgan fingerprint density at radius 3 is 2.95 bits per heavy atom. The number of carbonyl (C=O) groups excluding carboxylic acids is 1. The van der Waals surface area contributed by atoms with Gasteiger partial charge in [0.15, 0.2) is 6.61 Å². The standard InChI is InChI=1S/C13H15F3N2O3/c14-13(15,16)8-21-10-3-1-2-9(6-10)18-12(19)11-7-17-4-5-20-11/h1-3,6,11,17H,4-5,7-8H2,(H,18,19). The number of amides is 1. The van der Waals surface area contributed by atoms with Gasteiger partial charge in [-0.3, -0.25) is 4.79 Å². The number of anilines is 1.